The van der Waals surface area contributed by atoms with Gasteiger partial charge in [-0.25, -0.2) is 5.43 Å². The topological polar surface area (TPSA) is 79.5 Å². The highest BCUT2D eigenvalue weighted by atomic mass is 79.9. The Morgan fingerprint density at radius 1 is 1.21 bits per heavy atom. The third-order valence-electron chi connectivity index (χ3n) is 4.08. The Morgan fingerprint density at radius 3 is 2.57 bits per heavy atom. The lowest BCUT2D eigenvalue weighted by molar-refractivity contribution is 0.0955. The average Bonchev–Trinajstić information content (AvgIpc) is 2.96. The van der Waals surface area contributed by atoms with E-state index in [1.165, 1.54) is 6.21 Å². The van der Waals surface area contributed by atoms with E-state index < -0.39 is 0 Å². The second kappa shape index (κ2) is 8.70. The third kappa shape index (κ3) is 4.88. The molecule has 2 aromatic carbocycles. The van der Waals surface area contributed by atoms with Crippen molar-refractivity contribution in [3.8, 4) is 5.75 Å². The van der Waals surface area contributed by atoms with Crippen LogP contribution >= 0.6 is 31.9 Å². The molecule has 0 radical (unpaired) electrons. The predicted octanol–water partition coefficient (Wildman–Crippen LogP) is 4.54. The molecule has 6 nitrogen and oxygen atoms in total. The zero-order valence-corrected chi connectivity index (χ0v) is 18.5. The number of carbonyl (C=O) groups is 1. The van der Waals surface area contributed by atoms with Crippen LogP contribution in [-0.4, -0.2) is 27.0 Å². The van der Waals surface area contributed by atoms with Gasteiger partial charge in [0, 0.05) is 21.3 Å². The second-order valence-corrected chi connectivity index (χ2v) is 8.08. The van der Waals surface area contributed by atoms with Crippen molar-refractivity contribution in [2.24, 2.45) is 5.10 Å². The van der Waals surface area contributed by atoms with Crippen LogP contribution in [-0.2, 0) is 6.54 Å². The number of aryl methyl sites for hydroxylation is 2. The van der Waals surface area contributed by atoms with Crippen molar-refractivity contribution in [1.82, 2.24) is 15.2 Å². The predicted molar refractivity (Wildman–Crippen MR) is 116 cm³/mol. The first-order chi connectivity index (χ1) is 13.3. The summed E-state index contributed by atoms with van der Waals surface area (Å²) >= 11 is 6.60. The Hall–Kier alpha value is -2.45. The van der Waals surface area contributed by atoms with Crippen molar-refractivity contribution in [2.45, 2.75) is 20.4 Å². The van der Waals surface area contributed by atoms with E-state index in [-0.39, 0.29) is 11.7 Å². The minimum atomic E-state index is -0.331. The summed E-state index contributed by atoms with van der Waals surface area (Å²) in [5.74, 6) is -0.280. The molecule has 2 N–H and O–H groups in total. The molecule has 1 amide bonds. The summed E-state index contributed by atoms with van der Waals surface area (Å²) < 4.78 is 3.24. The van der Waals surface area contributed by atoms with Crippen molar-refractivity contribution in [3.05, 3.63) is 79.5 Å². The summed E-state index contributed by atoms with van der Waals surface area (Å²) in [5.41, 5.74) is 6.56. The van der Waals surface area contributed by atoms with Crippen LogP contribution in [0.2, 0.25) is 0 Å². The van der Waals surface area contributed by atoms with Gasteiger partial charge in [0.1, 0.15) is 5.75 Å². The minimum absolute atomic E-state index is 0.0507. The van der Waals surface area contributed by atoms with Gasteiger partial charge in [0.05, 0.1) is 22.9 Å². The van der Waals surface area contributed by atoms with E-state index >= 15 is 0 Å². The molecule has 1 heterocycles. The fourth-order valence-corrected chi connectivity index (χ4v) is 3.94. The van der Waals surface area contributed by atoms with E-state index in [2.05, 4.69) is 47.5 Å². The molecular formula is C20H18Br2N4O2. The Labute approximate surface area is 179 Å². The molecule has 0 saturated heterocycles. The molecule has 0 fully saturated rings. The number of rotatable bonds is 5. The number of phenolic OH excluding ortho intramolecular Hbond substituents is 1. The maximum atomic E-state index is 12.3. The first-order valence-corrected chi connectivity index (χ1v) is 10.0. The number of aromatic hydroxyl groups is 1. The van der Waals surface area contributed by atoms with Crippen molar-refractivity contribution >= 4 is 44.0 Å². The van der Waals surface area contributed by atoms with Crippen molar-refractivity contribution in [1.29, 1.82) is 0 Å². The molecule has 0 bridgehead atoms. The Kier molecular flexibility index (Phi) is 6.31. The highest BCUT2D eigenvalue weighted by Gasteiger charge is 2.08. The van der Waals surface area contributed by atoms with Gasteiger partial charge in [0.15, 0.2) is 0 Å². The molecule has 8 heteroatoms. The van der Waals surface area contributed by atoms with E-state index in [4.69, 9.17) is 0 Å². The van der Waals surface area contributed by atoms with Gasteiger partial charge in [-0.15, -0.1) is 0 Å². The van der Waals surface area contributed by atoms with Gasteiger partial charge in [0.2, 0.25) is 0 Å². The number of hydrogen-bond acceptors (Lipinski definition) is 4. The Balaban J connectivity index is 1.64. The molecule has 28 heavy (non-hydrogen) atoms. The molecule has 0 saturated carbocycles. The summed E-state index contributed by atoms with van der Waals surface area (Å²) in [4.78, 5) is 12.3. The number of halogens is 2. The van der Waals surface area contributed by atoms with Gasteiger partial charge in [-0.05, 0) is 65.7 Å². The second-order valence-electron chi connectivity index (χ2n) is 6.31. The molecule has 3 rings (SSSR count). The first kappa shape index (κ1) is 20.3. The zero-order valence-electron chi connectivity index (χ0n) is 15.3. The zero-order chi connectivity index (χ0) is 20.3. The molecule has 0 spiro atoms. The number of hydrazone groups is 1. The van der Waals surface area contributed by atoms with Crippen molar-refractivity contribution in [3.63, 3.8) is 0 Å². The third-order valence-corrected chi connectivity index (χ3v) is 5.14. The molecule has 0 aliphatic heterocycles. The van der Waals surface area contributed by atoms with E-state index in [9.17, 15) is 9.90 Å². The lowest BCUT2D eigenvalue weighted by Gasteiger charge is -2.06. The van der Waals surface area contributed by atoms with Gasteiger partial charge in [0.25, 0.3) is 5.91 Å². The number of benzene rings is 2. The summed E-state index contributed by atoms with van der Waals surface area (Å²) in [6.45, 7) is 4.63. The lowest BCUT2D eigenvalue weighted by Crippen LogP contribution is -2.17. The normalized spacial score (nSPS) is 11.1. The maximum absolute atomic E-state index is 12.3. The van der Waals surface area contributed by atoms with Crippen molar-refractivity contribution < 1.29 is 9.90 Å². The monoisotopic (exact) mass is 504 g/mol. The maximum Gasteiger partial charge on any atom is 0.271 e. The summed E-state index contributed by atoms with van der Waals surface area (Å²) in [6.07, 6.45) is 1.39. The molecule has 0 aliphatic rings. The molecule has 3 aromatic rings. The van der Waals surface area contributed by atoms with Crippen molar-refractivity contribution in [2.75, 3.05) is 0 Å². The number of aromatic nitrogens is 2. The van der Waals surface area contributed by atoms with Gasteiger partial charge in [-0.2, -0.15) is 10.2 Å². The SMILES string of the molecule is Cc1cc(C)n(Cc2ccc(C(=O)N/N=C\c3cc(Br)cc(Br)c3O)cc2)n1. The summed E-state index contributed by atoms with van der Waals surface area (Å²) in [7, 11) is 0. The molecule has 144 valence electrons. The standard InChI is InChI=1S/C20H18Br2N4O2/c1-12-7-13(2)26(25-12)11-14-3-5-15(6-4-14)20(28)24-23-10-16-8-17(21)9-18(22)19(16)27/h3-10,27H,11H2,1-2H3,(H,24,28)/b23-10-. The van der Waals surface area contributed by atoms with Gasteiger partial charge >= 0.3 is 0 Å². The van der Waals surface area contributed by atoms with Crippen LogP contribution in [0.25, 0.3) is 0 Å². The van der Waals surface area contributed by atoms with Crippen LogP contribution in [0, 0.1) is 13.8 Å². The number of nitrogens with one attached hydrogen (secondary N) is 1. The van der Waals surface area contributed by atoms with Gasteiger partial charge < -0.3 is 5.11 Å². The van der Waals surface area contributed by atoms with E-state index in [0.717, 1.165) is 21.4 Å². The average molecular weight is 506 g/mol. The molecular weight excluding hydrogens is 488 g/mol. The minimum Gasteiger partial charge on any atom is -0.506 e. The lowest BCUT2D eigenvalue weighted by atomic mass is 10.1. The first-order valence-electron chi connectivity index (χ1n) is 8.45. The number of phenols is 1. The molecule has 1 aromatic heterocycles. The van der Waals surface area contributed by atoms with Crippen LogP contribution in [0.3, 0.4) is 0 Å². The van der Waals surface area contributed by atoms with Crippen LogP contribution in [0.5, 0.6) is 5.75 Å². The molecule has 0 unspecified atom stereocenters. The molecule has 0 atom stereocenters. The molecule has 0 aliphatic carbocycles. The Morgan fingerprint density at radius 2 is 1.93 bits per heavy atom. The number of nitrogens with zero attached hydrogens (tertiary/aromatic N) is 3. The number of hydrogen-bond donors (Lipinski definition) is 2. The number of amides is 1. The fourth-order valence-electron chi connectivity index (χ4n) is 2.68. The largest absolute Gasteiger partial charge is 0.506 e. The highest BCUT2D eigenvalue weighted by molar-refractivity contribution is 9.11. The van der Waals surface area contributed by atoms with E-state index in [1.54, 1.807) is 24.3 Å². The van der Waals surface area contributed by atoms with E-state index in [0.29, 0.717) is 22.1 Å². The quantitative estimate of drug-likeness (QED) is 0.394. The summed E-state index contributed by atoms with van der Waals surface area (Å²) in [5, 5.41) is 18.4. The van der Waals surface area contributed by atoms with Gasteiger partial charge in [-0.3, -0.25) is 9.48 Å². The van der Waals surface area contributed by atoms with E-state index in [1.807, 2.05) is 36.7 Å². The van der Waals surface area contributed by atoms with Crippen LogP contribution < -0.4 is 5.43 Å². The number of carbonyl (C=O) groups excluding carboxylic acids is 1. The fraction of sp³-hybridized carbons (Fsp3) is 0.150. The smallest absolute Gasteiger partial charge is 0.271 e. The van der Waals surface area contributed by atoms with Crippen LogP contribution in [0.1, 0.15) is 32.9 Å². The van der Waals surface area contributed by atoms with Gasteiger partial charge in [-0.1, -0.05) is 28.1 Å². The highest BCUT2D eigenvalue weighted by Crippen LogP contribution is 2.30. The van der Waals surface area contributed by atoms with Crippen LogP contribution in [0.15, 0.2) is 56.5 Å². The van der Waals surface area contributed by atoms with Crippen LogP contribution in [0.4, 0.5) is 0 Å². The Bertz CT molecular complexity index is 1040. The summed E-state index contributed by atoms with van der Waals surface area (Å²) in [6, 6.07) is 12.7.